The van der Waals surface area contributed by atoms with Crippen LogP contribution in [0, 0.1) is 11.8 Å². The summed E-state index contributed by atoms with van der Waals surface area (Å²) in [6.45, 7) is 0. The highest BCUT2D eigenvalue weighted by Crippen LogP contribution is 2.43. The summed E-state index contributed by atoms with van der Waals surface area (Å²) in [5.74, 6) is 0.508. The summed E-state index contributed by atoms with van der Waals surface area (Å²) < 4.78 is 1.69. The first-order valence-electron chi connectivity index (χ1n) is 7.13. The van der Waals surface area contributed by atoms with E-state index in [4.69, 9.17) is 0 Å². The molecule has 2 saturated carbocycles. The van der Waals surface area contributed by atoms with E-state index in [1.807, 2.05) is 0 Å². The molecular weight excluding hydrogens is 240 g/mol. The quantitative estimate of drug-likeness (QED) is 0.666. The van der Waals surface area contributed by atoms with Gasteiger partial charge in [-0.25, -0.2) is 0 Å². The molecule has 2 aliphatic rings. The van der Waals surface area contributed by atoms with Gasteiger partial charge in [-0.3, -0.25) is 9.59 Å². The molecule has 4 nitrogen and oxygen atoms in total. The number of fused-ring (bicyclic) bond motifs is 1. The van der Waals surface area contributed by atoms with Gasteiger partial charge in [-0.15, -0.1) is 0 Å². The molecule has 2 aliphatic carbocycles. The van der Waals surface area contributed by atoms with E-state index in [0.717, 1.165) is 12.3 Å². The fourth-order valence-electron chi connectivity index (χ4n) is 3.79. The van der Waals surface area contributed by atoms with Crippen molar-refractivity contribution in [3.05, 3.63) is 24.0 Å². The van der Waals surface area contributed by atoms with Crippen molar-refractivity contribution in [2.45, 2.75) is 38.1 Å². The minimum Gasteiger partial charge on any atom is -0.348 e. The Balaban J connectivity index is 1.65. The number of carbonyl (C=O) groups excluding carboxylic acids is 2. The third-order valence-corrected chi connectivity index (χ3v) is 4.78. The lowest BCUT2D eigenvalue weighted by Crippen LogP contribution is -2.41. The van der Waals surface area contributed by atoms with Gasteiger partial charge in [0.15, 0.2) is 0 Å². The summed E-state index contributed by atoms with van der Waals surface area (Å²) in [6, 6.07) is 3.68. The number of ketones is 1. The number of aromatic nitrogens is 1. The van der Waals surface area contributed by atoms with Crippen LogP contribution in [-0.2, 0) is 11.8 Å². The largest absolute Gasteiger partial charge is 0.348 e. The lowest BCUT2D eigenvalue weighted by atomic mass is 9.97. The number of aryl methyl sites for hydroxylation is 1. The third-order valence-electron chi connectivity index (χ3n) is 4.78. The molecule has 0 radical (unpaired) electrons. The second-order valence-electron chi connectivity index (χ2n) is 5.85. The Kier molecular flexibility index (Phi) is 3.17. The molecule has 0 bridgehead atoms. The Morgan fingerprint density at radius 1 is 1.26 bits per heavy atom. The van der Waals surface area contributed by atoms with E-state index in [9.17, 15) is 9.59 Å². The Bertz CT molecular complexity index is 506. The van der Waals surface area contributed by atoms with E-state index < -0.39 is 11.7 Å². The molecule has 1 aromatic heterocycles. The van der Waals surface area contributed by atoms with Gasteiger partial charge in [0.25, 0.3) is 11.7 Å². The predicted molar refractivity (Wildman–Crippen MR) is 71.7 cm³/mol. The maximum atomic E-state index is 12.1. The standard InChI is InChI=1S/C15H20N2O2/c1-17-9-3-6-13(17)14(18)15(19)16-12-8-7-10-4-2-5-11(10)12/h3,6,9-12H,2,4-5,7-8H2,1H3,(H,16,19)/t10-,11-,12-/m0/s1. The van der Waals surface area contributed by atoms with Crippen LogP contribution in [0.2, 0.25) is 0 Å². The number of hydrogen-bond acceptors (Lipinski definition) is 2. The smallest absolute Gasteiger partial charge is 0.294 e. The first-order valence-corrected chi connectivity index (χ1v) is 7.13. The van der Waals surface area contributed by atoms with E-state index >= 15 is 0 Å². The number of amides is 1. The fourth-order valence-corrected chi connectivity index (χ4v) is 3.79. The number of carbonyl (C=O) groups is 2. The Labute approximate surface area is 113 Å². The van der Waals surface area contributed by atoms with Crippen molar-refractivity contribution < 1.29 is 9.59 Å². The second-order valence-corrected chi connectivity index (χ2v) is 5.85. The maximum Gasteiger partial charge on any atom is 0.294 e. The van der Waals surface area contributed by atoms with E-state index in [-0.39, 0.29) is 6.04 Å². The summed E-state index contributed by atoms with van der Waals surface area (Å²) in [7, 11) is 1.78. The summed E-state index contributed by atoms with van der Waals surface area (Å²) in [4.78, 5) is 24.1. The monoisotopic (exact) mass is 260 g/mol. The summed E-state index contributed by atoms with van der Waals surface area (Å²) >= 11 is 0. The lowest BCUT2D eigenvalue weighted by Gasteiger charge is -2.19. The van der Waals surface area contributed by atoms with Crippen LogP contribution in [0.4, 0.5) is 0 Å². The van der Waals surface area contributed by atoms with E-state index in [0.29, 0.717) is 11.6 Å². The van der Waals surface area contributed by atoms with Crippen LogP contribution in [0.3, 0.4) is 0 Å². The van der Waals surface area contributed by atoms with Crippen LogP contribution < -0.4 is 5.32 Å². The highest BCUT2D eigenvalue weighted by Gasteiger charge is 2.40. The highest BCUT2D eigenvalue weighted by molar-refractivity contribution is 6.42. The van der Waals surface area contributed by atoms with Crippen LogP contribution in [0.5, 0.6) is 0 Å². The molecule has 4 heteroatoms. The van der Waals surface area contributed by atoms with Gasteiger partial charge >= 0.3 is 0 Å². The summed E-state index contributed by atoms with van der Waals surface area (Å²) in [5.41, 5.74) is 0.457. The van der Waals surface area contributed by atoms with Crippen LogP contribution in [0.1, 0.15) is 42.6 Å². The van der Waals surface area contributed by atoms with Crippen LogP contribution >= 0.6 is 0 Å². The van der Waals surface area contributed by atoms with Crippen molar-refractivity contribution in [2.24, 2.45) is 18.9 Å². The molecule has 1 amide bonds. The molecule has 2 fully saturated rings. The van der Waals surface area contributed by atoms with Crippen molar-refractivity contribution in [2.75, 3.05) is 0 Å². The third kappa shape index (κ3) is 2.20. The Hall–Kier alpha value is -1.58. The molecule has 0 aliphatic heterocycles. The minimum atomic E-state index is -0.445. The molecular formula is C15H20N2O2. The van der Waals surface area contributed by atoms with Crippen molar-refractivity contribution in [1.29, 1.82) is 0 Å². The molecule has 102 valence electrons. The molecule has 3 atom stereocenters. The molecule has 0 spiro atoms. The number of Topliss-reactive ketones (excluding diaryl/α,β-unsaturated/α-hetero) is 1. The van der Waals surface area contributed by atoms with Crippen molar-refractivity contribution in [3.8, 4) is 0 Å². The molecule has 0 saturated heterocycles. The second kappa shape index (κ2) is 4.83. The van der Waals surface area contributed by atoms with Crippen LogP contribution in [-0.4, -0.2) is 22.3 Å². The average Bonchev–Trinajstić information content (AvgIpc) is 3.06. The molecule has 0 unspecified atom stereocenters. The van der Waals surface area contributed by atoms with Crippen molar-refractivity contribution in [1.82, 2.24) is 9.88 Å². The van der Waals surface area contributed by atoms with Gasteiger partial charge < -0.3 is 9.88 Å². The summed E-state index contributed by atoms with van der Waals surface area (Å²) in [5, 5.41) is 2.96. The minimum absolute atomic E-state index is 0.212. The number of hydrogen-bond donors (Lipinski definition) is 1. The van der Waals surface area contributed by atoms with Gasteiger partial charge in [-0.1, -0.05) is 12.8 Å². The predicted octanol–water partition coefficient (Wildman–Crippen LogP) is 1.90. The van der Waals surface area contributed by atoms with Gasteiger partial charge in [0.05, 0.1) is 5.69 Å². The van der Waals surface area contributed by atoms with Crippen LogP contribution in [0.25, 0.3) is 0 Å². The molecule has 0 aromatic carbocycles. The number of rotatable bonds is 3. The fraction of sp³-hybridized carbons (Fsp3) is 0.600. The van der Waals surface area contributed by atoms with Crippen molar-refractivity contribution >= 4 is 11.7 Å². The van der Waals surface area contributed by atoms with Crippen molar-refractivity contribution in [3.63, 3.8) is 0 Å². The normalized spacial score (nSPS) is 29.2. The SMILES string of the molecule is Cn1cccc1C(=O)C(=O)N[C@H]1CC[C@@H]2CCC[C@@H]21. The van der Waals surface area contributed by atoms with Gasteiger partial charge in [0, 0.05) is 19.3 Å². The van der Waals surface area contributed by atoms with E-state index in [1.54, 1.807) is 29.9 Å². The summed E-state index contributed by atoms with van der Waals surface area (Å²) in [6.07, 6.45) is 7.78. The van der Waals surface area contributed by atoms with Gasteiger partial charge in [-0.05, 0) is 43.2 Å². The number of nitrogens with zero attached hydrogens (tertiary/aromatic N) is 1. The highest BCUT2D eigenvalue weighted by atomic mass is 16.2. The van der Waals surface area contributed by atoms with Gasteiger partial charge in [0.1, 0.15) is 0 Å². The Morgan fingerprint density at radius 3 is 2.84 bits per heavy atom. The average molecular weight is 260 g/mol. The lowest BCUT2D eigenvalue weighted by molar-refractivity contribution is -0.117. The van der Waals surface area contributed by atoms with Gasteiger partial charge in [-0.2, -0.15) is 0 Å². The molecule has 1 N–H and O–H groups in total. The molecule has 19 heavy (non-hydrogen) atoms. The topological polar surface area (TPSA) is 51.1 Å². The van der Waals surface area contributed by atoms with Gasteiger partial charge in [0.2, 0.25) is 0 Å². The van der Waals surface area contributed by atoms with Crippen LogP contribution in [0.15, 0.2) is 18.3 Å². The first-order chi connectivity index (χ1) is 9.16. The van der Waals surface area contributed by atoms with E-state index in [2.05, 4.69) is 5.32 Å². The zero-order chi connectivity index (χ0) is 13.4. The Morgan fingerprint density at radius 2 is 2.11 bits per heavy atom. The molecule has 3 rings (SSSR count). The zero-order valence-corrected chi connectivity index (χ0v) is 11.3. The maximum absolute atomic E-state index is 12.1. The zero-order valence-electron chi connectivity index (χ0n) is 11.3. The molecule has 1 heterocycles. The number of nitrogens with one attached hydrogen (secondary N) is 1. The molecule has 1 aromatic rings. The van der Waals surface area contributed by atoms with E-state index in [1.165, 1.54) is 25.7 Å². The first kappa shape index (κ1) is 12.5.